The zero-order chi connectivity index (χ0) is 14.5. The maximum atomic E-state index is 6.39. The van der Waals surface area contributed by atoms with Crippen molar-refractivity contribution < 1.29 is 4.74 Å². The maximum Gasteiger partial charge on any atom is 0.119 e. The van der Waals surface area contributed by atoms with E-state index in [0.717, 1.165) is 24.3 Å². The molecular weight excluding hydrogens is 248 g/mol. The fourth-order valence-electron chi connectivity index (χ4n) is 2.52. The predicted octanol–water partition coefficient (Wildman–Crippen LogP) is 3.21. The Kier molecular flexibility index (Phi) is 5.44. The van der Waals surface area contributed by atoms with Crippen LogP contribution in [0.5, 0.6) is 5.75 Å². The van der Waals surface area contributed by atoms with Crippen LogP contribution in [-0.4, -0.2) is 31.1 Å². The summed E-state index contributed by atoms with van der Waals surface area (Å²) in [5.74, 6) is 1.64. The molecule has 3 nitrogen and oxygen atoms in total. The lowest BCUT2D eigenvalue weighted by Crippen LogP contribution is -2.35. The molecule has 0 radical (unpaired) electrons. The minimum atomic E-state index is 0.0675. The van der Waals surface area contributed by atoms with Crippen LogP contribution in [-0.2, 0) is 0 Å². The minimum absolute atomic E-state index is 0.0675. The summed E-state index contributed by atoms with van der Waals surface area (Å²) >= 11 is 0. The van der Waals surface area contributed by atoms with Crippen LogP contribution in [0, 0.1) is 5.92 Å². The van der Waals surface area contributed by atoms with E-state index in [2.05, 4.69) is 30.9 Å². The first kappa shape index (κ1) is 15.3. The molecule has 0 saturated heterocycles. The molecule has 20 heavy (non-hydrogen) atoms. The normalized spacial score (nSPS) is 16.7. The van der Waals surface area contributed by atoms with Gasteiger partial charge >= 0.3 is 0 Å². The molecule has 1 aliphatic carbocycles. The number of rotatable bonds is 8. The highest BCUT2D eigenvalue weighted by Crippen LogP contribution is 2.29. The summed E-state index contributed by atoms with van der Waals surface area (Å²) in [5.41, 5.74) is 7.56. The maximum absolute atomic E-state index is 6.39. The number of benzene rings is 1. The van der Waals surface area contributed by atoms with Crippen molar-refractivity contribution in [3.05, 3.63) is 29.8 Å². The Morgan fingerprint density at radius 2 is 2.10 bits per heavy atom. The van der Waals surface area contributed by atoms with Gasteiger partial charge in [0.15, 0.2) is 0 Å². The lowest BCUT2D eigenvalue weighted by Gasteiger charge is -2.26. The van der Waals surface area contributed by atoms with Crippen molar-refractivity contribution >= 4 is 0 Å². The summed E-state index contributed by atoms with van der Waals surface area (Å²) in [4.78, 5) is 2.57. The zero-order valence-corrected chi connectivity index (χ0v) is 13.0. The van der Waals surface area contributed by atoms with Crippen molar-refractivity contribution in [2.75, 3.05) is 20.2 Å². The van der Waals surface area contributed by atoms with Crippen LogP contribution in [0.3, 0.4) is 0 Å². The van der Waals surface area contributed by atoms with Gasteiger partial charge < -0.3 is 10.5 Å². The lowest BCUT2D eigenvalue weighted by atomic mass is 10.1. The summed E-state index contributed by atoms with van der Waals surface area (Å²) < 4.78 is 5.28. The molecule has 1 unspecified atom stereocenters. The molecule has 0 aliphatic heterocycles. The molecular formula is C17H28N2O. The van der Waals surface area contributed by atoms with Crippen molar-refractivity contribution in [3.8, 4) is 5.75 Å². The number of ether oxygens (including phenoxy) is 1. The molecule has 3 heteroatoms. The van der Waals surface area contributed by atoms with Crippen molar-refractivity contribution in [1.82, 2.24) is 4.90 Å². The van der Waals surface area contributed by atoms with Gasteiger partial charge in [-0.1, -0.05) is 26.0 Å². The molecule has 1 fully saturated rings. The summed E-state index contributed by atoms with van der Waals surface area (Å²) in [6.07, 6.45) is 3.92. The van der Waals surface area contributed by atoms with E-state index in [-0.39, 0.29) is 6.04 Å². The molecule has 0 aromatic heterocycles. The van der Waals surface area contributed by atoms with Gasteiger partial charge in [-0.25, -0.2) is 0 Å². The fourth-order valence-corrected chi connectivity index (χ4v) is 2.52. The Morgan fingerprint density at radius 1 is 1.35 bits per heavy atom. The minimum Gasteiger partial charge on any atom is -0.497 e. The molecule has 1 aliphatic rings. The van der Waals surface area contributed by atoms with E-state index in [1.807, 2.05) is 12.1 Å². The van der Waals surface area contributed by atoms with E-state index >= 15 is 0 Å². The van der Waals surface area contributed by atoms with Gasteiger partial charge in [-0.2, -0.15) is 0 Å². The average molecular weight is 276 g/mol. The van der Waals surface area contributed by atoms with E-state index < -0.39 is 0 Å². The third-order valence-corrected chi connectivity index (χ3v) is 4.01. The highest BCUT2D eigenvalue weighted by Gasteiger charge is 2.29. The third-order valence-electron chi connectivity index (χ3n) is 4.01. The van der Waals surface area contributed by atoms with Gasteiger partial charge in [-0.15, -0.1) is 0 Å². The van der Waals surface area contributed by atoms with Crippen LogP contribution in [0.2, 0.25) is 0 Å². The molecule has 1 saturated carbocycles. The van der Waals surface area contributed by atoms with Crippen LogP contribution in [0.25, 0.3) is 0 Å². The third kappa shape index (κ3) is 4.50. The second-order valence-electron chi connectivity index (χ2n) is 6.29. The Hall–Kier alpha value is -1.06. The average Bonchev–Trinajstić information content (AvgIpc) is 3.27. The first-order valence-corrected chi connectivity index (χ1v) is 7.73. The van der Waals surface area contributed by atoms with Crippen LogP contribution in [0.15, 0.2) is 24.3 Å². The summed E-state index contributed by atoms with van der Waals surface area (Å²) in [6.45, 7) is 6.69. The molecule has 1 aromatic rings. The van der Waals surface area contributed by atoms with Gasteiger partial charge in [-0.3, -0.25) is 4.90 Å². The first-order chi connectivity index (χ1) is 9.60. The van der Waals surface area contributed by atoms with Crippen LogP contribution >= 0.6 is 0 Å². The highest BCUT2D eigenvalue weighted by molar-refractivity contribution is 5.30. The highest BCUT2D eigenvalue weighted by atomic mass is 16.5. The number of hydrogen-bond acceptors (Lipinski definition) is 3. The van der Waals surface area contributed by atoms with Crippen molar-refractivity contribution in [2.45, 2.75) is 45.2 Å². The van der Waals surface area contributed by atoms with Crippen molar-refractivity contribution in [1.29, 1.82) is 0 Å². The summed E-state index contributed by atoms with van der Waals surface area (Å²) in [7, 11) is 1.70. The molecule has 0 spiro atoms. The first-order valence-electron chi connectivity index (χ1n) is 7.73. The number of nitrogens with two attached hydrogens (primary N) is 1. The van der Waals surface area contributed by atoms with E-state index in [1.165, 1.54) is 31.4 Å². The largest absolute Gasteiger partial charge is 0.497 e. The van der Waals surface area contributed by atoms with E-state index in [4.69, 9.17) is 10.5 Å². The number of nitrogens with zero attached hydrogens (tertiary/aromatic N) is 1. The van der Waals surface area contributed by atoms with Gasteiger partial charge in [0, 0.05) is 18.6 Å². The lowest BCUT2D eigenvalue weighted by molar-refractivity contribution is 0.233. The quantitative estimate of drug-likeness (QED) is 0.792. The van der Waals surface area contributed by atoms with Crippen LogP contribution in [0.1, 0.15) is 44.7 Å². The van der Waals surface area contributed by atoms with E-state index in [1.54, 1.807) is 7.11 Å². The Bertz CT molecular complexity index is 415. The predicted molar refractivity (Wildman–Crippen MR) is 84.0 cm³/mol. The van der Waals surface area contributed by atoms with Gasteiger partial charge in [0.25, 0.3) is 0 Å². The molecule has 2 rings (SSSR count). The number of hydrogen-bond donors (Lipinski definition) is 1. The zero-order valence-electron chi connectivity index (χ0n) is 13.0. The molecule has 112 valence electrons. The molecule has 2 N–H and O–H groups in total. The van der Waals surface area contributed by atoms with Crippen molar-refractivity contribution in [3.63, 3.8) is 0 Å². The molecule has 0 bridgehead atoms. The molecule has 1 aromatic carbocycles. The summed E-state index contributed by atoms with van der Waals surface area (Å²) in [5, 5.41) is 0. The van der Waals surface area contributed by atoms with E-state index in [9.17, 15) is 0 Å². The molecule has 0 heterocycles. The standard InChI is InChI=1S/C17H28N2O/c1-13(2)9-10-19(15-7-8-15)12-17(18)14-5-4-6-16(11-14)20-3/h4-6,11,13,15,17H,7-10,12,18H2,1-3H3. The number of methoxy groups -OCH3 is 1. The van der Waals surface area contributed by atoms with Crippen molar-refractivity contribution in [2.24, 2.45) is 11.7 Å². The summed E-state index contributed by atoms with van der Waals surface area (Å²) in [6, 6.07) is 8.97. The molecule has 0 amide bonds. The smallest absolute Gasteiger partial charge is 0.119 e. The van der Waals surface area contributed by atoms with Gasteiger partial charge in [-0.05, 0) is 49.4 Å². The Labute approximate surface area is 123 Å². The van der Waals surface area contributed by atoms with E-state index in [0.29, 0.717) is 0 Å². The van der Waals surface area contributed by atoms with Gasteiger partial charge in [0.2, 0.25) is 0 Å². The monoisotopic (exact) mass is 276 g/mol. The topological polar surface area (TPSA) is 38.5 Å². The van der Waals surface area contributed by atoms with Crippen LogP contribution < -0.4 is 10.5 Å². The second kappa shape index (κ2) is 7.09. The molecule has 1 atom stereocenters. The fraction of sp³-hybridized carbons (Fsp3) is 0.647. The SMILES string of the molecule is COc1cccc(C(N)CN(CCC(C)C)C2CC2)c1. The Morgan fingerprint density at radius 3 is 2.70 bits per heavy atom. The van der Waals surface area contributed by atoms with Gasteiger partial charge in [0.05, 0.1) is 7.11 Å². The Balaban J connectivity index is 1.94. The second-order valence-corrected chi connectivity index (χ2v) is 6.29. The van der Waals surface area contributed by atoms with Crippen LogP contribution in [0.4, 0.5) is 0 Å². The van der Waals surface area contributed by atoms with Gasteiger partial charge in [0.1, 0.15) is 5.75 Å².